The molecule has 52 heavy (non-hydrogen) atoms. The monoisotopic (exact) mass is 713 g/mol. The fourth-order valence-corrected chi connectivity index (χ4v) is 8.77. The fourth-order valence-electron chi connectivity index (χ4n) is 8.77. The number of benzene rings is 2. The van der Waals surface area contributed by atoms with Crippen LogP contribution >= 0.6 is 0 Å². The van der Waals surface area contributed by atoms with Crippen LogP contribution < -0.4 is 4.90 Å². The molecule has 3 saturated heterocycles. The highest BCUT2D eigenvalue weighted by molar-refractivity contribution is 6.05. The van der Waals surface area contributed by atoms with Crippen LogP contribution in [-0.2, 0) is 28.7 Å². The van der Waals surface area contributed by atoms with Gasteiger partial charge in [-0.1, -0.05) is 74.5 Å². The van der Waals surface area contributed by atoms with Crippen LogP contribution in [-0.4, -0.2) is 88.6 Å². The van der Waals surface area contributed by atoms with Crippen LogP contribution in [0.5, 0.6) is 0 Å². The number of para-hydroxylation sites is 1. The van der Waals surface area contributed by atoms with Crippen LogP contribution in [0.4, 0.5) is 5.69 Å². The van der Waals surface area contributed by atoms with Crippen LogP contribution in [0, 0.1) is 31.6 Å². The number of hydrogen-bond donors (Lipinski definition) is 1. The van der Waals surface area contributed by atoms with Gasteiger partial charge in [0.25, 0.3) is 5.91 Å². The van der Waals surface area contributed by atoms with Crippen molar-refractivity contribution in [2.24, 2.45) is 17.8 Å². The minimum atomic E-state index is -1.30. The van der Waals surface area contributed by atoms with E-state index in [0.717, 1.165) is 16.8 Å². The van der Waals surface area contributed by atoms with E-state index >= 15 is 4.79 Å². The van der Waals surface area contributed by atoms with Gasteiger partial charge in [0.2, 0.25) is 11.8 Å². The second kappa shape index (κ2) is 16.2. The first kappa shape index (κ1) is 38.9. The van der Waals surface area contributed by atoms with E-state index in [-0.39, 0.29) is 43.2 Å². The molecule has 2 aromatic carbocycles. The van der Waals surface area contributed by atoms with Crippen LogP contribution in [0.3, 0.4) is 0 Å². The van der Waals surface area contributed by atoms with Gasteiger partial charge in [0.05, 0.1) is 36.6 Å². The van der Waals surface area contributed by atoms with E-state index in [2.05, 4.69) is 13.2 Å². The first-order chi connectivity index (χ1) is 24.8. The molecular weight excluding hydrogens is 658 g/mol. The number of hydrogen-bond acceptors (Lipinski definition) is 7. The topological polar surface area (TPSA) is 117 Å². The number of amides is 3. The lowest BCUT2D eigenvalue weighted by Gasteiger charge is -2.40. The third kappa shape index (κ3) is 7.07. The van der Waals surface area contributed by atoms with Crippen molar-refractivity contribution >= 4 is 29.4 Å². The summed E-state index contributed by atoms with van der Waals surface area (Å²) in [6.07, 6.45) is 4.01. The fraction of sp³-hybridized carbons (Fsp3) is 0.524. The molecule has 3 fully saturated rings. The molecule has 2 bridgehead atoms. The molecule has 0 radical (unpaired) electrons. The average Bonchev–Trinajstić information content (AvgIpc) is 3.78. The summed E-state index contributed by atoms with van der Waals surface area (Å²) in [6.45, 7) is 17.2. The number of rotatable bonds is 16. The van der Waals surface area contributed by atoms with E-state index in [1.165, 1.54) is 4.90 Å². The number of aryl methyl sites for hydroxylation is 2. The summed E-state index contributed by atoms with van der Waals surface area (Å²) in [5.74, 6) is -3.29. The normalized spacial score (nSPS) is 25.0. The SMILES string of the molecule is C=CCCC(=O)N(C)[C@H](C)[C@H](OC(=O)[C@@H]1[C@H]2C(=O)N([C@@H](CO)CC(C)C)[C@H](C(=O)N(CC=C)c3c(C)cccc3C)[C@]23CC[C@H]1O3)c1ccccc1. The Morgan fingerprint density at radius 2 is 1.73 bits per heavy atom. The van der Waals surface area contributed by atoms with Crippen molar-refractivity contribution in [1.82, 2.24) is 9.80 Å². The zero-order chi connectivity index (χ0) is 37.9. The standard InChI is InChI=1S/C42H55N3O7/c1-9-11-20-33(47)43(8)29(7)37(30-18-13-12-14-19-30)51-41(50)34-32-21-22-42(52-32)35(34)39(48)45(31(25-46)24-26(3)4)38(42)40(49)44(23-10-2)36-27(5)16-15-17-28(36)6/h9-10,12-19,26,29,31-32,34-35,37-38,46H,1-2,11,20-25H2,3-8H3/t29-,31-,32-,34+,35+,37+,38-,42+/m1/s1. The molecule has 3 amide bonds. The second-order valence-electron chi connectivity index (χ2n) is 15.1. The largest absolute Gasteiger partial charge is 0.455 e. The van der Waals surface area contributed by atoms with E-state index in [1.54, 1.807) is 29.0 Å². The number of anilines is 1. The molecule has 3 heterocycles. The number of ether oxygens (including phenoxy) is 2. The number of carbonyl (C=O) groups excluding carboxylic acids is 4. The lowest BCUT2D eigenvalue weighted by molar-refractivity contribution is -0.165. The molecule has 0 unspecified atom stereocenters. The molecular formula is C42H55N3O7. The van der Waals surface area contributed by atoms with Gasteiger partial charge < -0.3 is 29.3 Å². The number of nitrogens with zero attached hydrogens (tertiary/aromatic N) is 3. The molecule has 2 aromatic rings. The van der Waals surface area contributed by atoms with Crippen molar-refractivity contribution in [2.45, 2.75) is 103 Å². The zero-order valence-corrected chi connectivity index (χ0v) is 31.5. The summed E-state index contributed by atoms with van der Waals surface area (Å²) >= 11 is 0. The summed E-state index contributed by atoms with van der Waals surface area (Å²) in [5, 5.41) is 10.8. The maximum atomic E-state index is 15.1. The zero-order valence-electron chi connectivity index (χ0n) is 31.5. The van der Waals surface area contributed by atoms with Gasteiger partial charge in [-0.25, -0.2) is 0 Å². The maximum absolute atomic E-state index is 15.1. The van der Waals surface area contributed by atoms with Gasteiger partial charge in [0, 0.05) is 25.7 Å². The summed E-state index contributed by atoms with van der Waals surface area (Å²) in [5.41, 5.74) is 1.94. The molecule has 1 spiro atoms. The number of aliphatic hydroxyl groups excluding tert-OH is 1. The van der Waals surface area contributed by atoms with Gasteiger partial charge >= 0.3 is 5.97 Å². The van der Waals surface area contributed by atoms with E-state index < -0.39 is 53.7 Å². The molecule has 280 valence electrons. The summed E-state index contributed by atoms with van der Waals surface area (Å²) in [4.78, 5) is 62.5. The van der Waals surface area contributed by atoms with E-state index in [9.17, 15) is 19.5 Å². The predicted molar refractivity (Wildman–Crippen MR) is 200 cm³/mol. The van der Waals surface area contributed by atoms with Crippen LogP contribution in [0.2, 0.25) is 0 Å². The van der Waals surface area contributed by atoms with Crippen molar-refractivity contribution in [3.8, 4) is 0 Å². The second-order valence-corrected chi connectivity index (χ2v) is 15.1. The molecule has 0 saturated carbocycles. The van der Waals surface area contributed by atoms with Gasteiger partial charge in [-0.3, -0.25) is 19.2 Å². The smallest absolute Gasteiger partial charge is 0.313 e. The molecule has 0 aromatic heterocycles. The average molecular weight is 714 g/mol. The third-order valence-corrected chi connectivity index (χ3v) is 11.3. The van der Waals surface area contributed by atoms with Crippen molar-refractivity contribution in [2.75, 3.05) is 25.1 Å². The van der Waals surface area contributed by atoms with Crippen molar-refractivity contribution in [1.29, 1.82) is 0 Å². The highest BCUT2D eigenvalue weighted by Crippen LogP contribution is 2.59. The van der Waals surface area contributed by atoms with Crippen molar-refractivity contribution in [3.63, 3.8) is 0 Å². The molecule has 1 N–H and O–H groups in total. The van der Waals surface area contributed by atoms with E-state index in [1.807, 2.05) is 83.1 Å². The minimum Gasteiger partial charge on any atom is -0.455 e. The third-order valence-electron chi connectivity index (χ3n) is 11.3. The first-order valence-electron chi connectivity index (χ1n) is 18.5. The van der Waals surface area contributed by atoms with Crippen LogP contribution in [0.25, 0.3) is 0 Å². The van der Waals surface area contributed by atoms with Crippen molar-refractivity contribution in [3.05, 3.63) is 90.5 Å². The van der Waals surface area contributed by atoms with Crippen LogP contribution in [0.1, 0.15) is 75.7 Å². The number of fused-ring (bicyclic) bond motifs is 1. The number of aliphatic hydroxyl groups is 1. The van der Waals surface area contributed by atoms with E-state index in [0.29, 0.717) is 31.2 Å². The molecule has 10 nitrogen and oxygen atoms in total. The van der Waals surface area contributed by atoms with Gasteiger partial charge in [0.1, 0.15) is 17.7 Å². The molecule has 8 atom stereocenters. The first-order valence-corrected chi connectivity index (χ1v) is 18.5. The Kier molecular flexibility index (Phi) is 12.1. The van der Waals surface area contributed by atoms with Gasteiger partial charge in [-0.15, -0.1) is 13.2 Å². The van der Waals surface area contributed by atoms with Crippen LogP contribution in [0.15, 0.2) is 73.8 Å². The Bertz CT molecular complexity index is 1640. The molecule has 3 aliphatic rings. The lowest BCUT2D eigenvalue weighted by atomic mass is 9.70. The quantitative estimate of drug-likeness (QED) is 0.175. The van der Waals surface area contributed by atoms with E-state index in [4.69, 9.17) is 9.47 Å². The Hall–Kier alpha value is -4.28. The highest BCUT2D eigenvalue weighted by Gasteiger charge is 2.76. The molecule has 3 aliphatic heterocycles. The number of likely N-dealkylation sites (N-methyl/N-ethyl adjacent to an activating group) is 1. The number of esters is 1. The summed E-state index contributed by atoms with van der Waals surface area (Å²) in [6, 6.07) is 12.8. The molecule has 10 heteroatoms. The van der Waals surface area contributed by atoms with Gasteiger partial charge in [-0.2, -0.15) is 0 Å². The maximum Gasteiger partial charge on any atom is 0.313 e. The summed E-state index contributed by atoms with van der Waals surface area (Å²) < 4.78 is 13.1. The molecule has 0 aliphatic carbocycles. The Labute approximate surface area is 308 Å². The summed E-state index contributed by atoms with van der Waals surface area (Å²) in [7, 11) is 1.69. The Morgan fingerprint density at radius 1 is 1.06 bits per heavy atom. The Balaban J connectivity index is 1.55. The number of carbonyl (C=O) groups is 4. The number of likely N-dealkylation sites (tertiary alicyclic amines) is 1. The lowest BCUT2D eigenvalue weighted by Crippen LogP contribution is -2.59. The Morgan fingerprint density at radius 3 is 2.33 bits per heavy atom. The minimum absolute atomic E-state index is 0.109. The number of allylic oxidation sites excluding steroid dienone is 1. The van der Waals surface area contributed by atoms with Crippen molar-refractivity contribution < 1.29 is 33.8 Å². The highest BCUT2D eigenvalue weighted by atomic mass is 16.6. The van der Waals surface area contributed by atoms with Gasteiger partial charge in [0.15, 0.2) is 0 Å². The molecule has 5 rings (SSSR count). The predicted octanol–water partition coefficient (Wildman–Crippen LogP) is 5.70. The van der Waals surface area contributed by atoms with Gasteiger partial charge in [-0.05, 0) is 69.1 Å².